The van der Waals surface area contributed by atoms with Crippen molar-refractivity contribution in [2.75, 3.05) is 17.7 Å². The van der Waals surface area contributed by atoms with Crippen molar-refractivity contribution in [2.24, 2.45) is 0 Å². The summed E-state index contributed by atoms with van der Waals surface area (Å²) in [6, 6.07) is 20.3. The van der Waals surface area contributed by atoms with Gasteiger partial charge >= 0.3 is 5.97 Å². The highest BCUT2D eigenvalue weighted by atomic mass is 16.5. The zero-order valence-corrected chi connectivity index (χ0v) is 16.1. The lowest BCUT2D eigenvalue weighted by Gasteiger charge is -2.08. The first-order valence-electron chi connectivity index (χ1n) is 8.94. The molecule has 0 radical (unpaired) electrons. The molecule has 2 N–H and O–H groups in total. The van der Waals surface area contributed by atoms with Crippen LogP contribution in [0.15, 0.2) is 72.8 Å². The Kier molecular flexibility index (Phi) is 6.04. The van der Waals surface area contributed by atoms with Gasteiger partial charge in [-0.2, -0.15) is 0 Å². The van der Waals surface area contributed by atoms with E-state index in [0.29, 0.717) is 28.1 Å². The van der Waals surface area contributed by atoms with E-state index < -0.39 is 5.97 Å². The number of carbonyl (C=O) groups excluding carboxylic acids is 3. The van der Waals surface area contributed by atoms with E-state index in [0.717, 1.165) is 5.56 Å². The fraction of sp³-hybridized carbons (Fsp3) is 0.0870. The van der Waals surface area contributed by atoms with E-state index in [9.17, 15) is 14.4 Å². The molecule has 0 unspecified atom stereocenters. The number of rotatable bonds is 5. The lowest BCUT2D eigenvalue weighted by Crippen LogP contribution is -2.14. The second kappa shape index (κ2) is 8.84. The number of amides is 2. The minimum atomic E-state index is -0.481. The quantitative estimate of drug-likeness (QED) is 0.639. The Morgan fingerprint density at radius 3 is 1.72 bits per heavy atom. The Hall–Kier alpha value is -3.93. The van der Waals surface area contributed by atoms with E-state index in [4.69, 9.17) is 0 Å². The Morgan fingerprint density at radius 2 is 1.21 bits per heavy atom. The molecule has 0 heterocycles. The van der Waals surface area contributed by atoms with Crippen LogP contribution in [0.4, 0.5) is 11.4 Å². The molecule has 0 aliphatic heterocycles. The predicted octanol–water partition coefficient (Wildman–Crippen LogP) is 4.29. The van der Waals surface area contributed by atoms with Crippen molar-refractivity contribution >= 4 is 29.2 Å². The van der Waals surface area contributed by atoms with Gasteiger partial charge < -0.3 is 15.4 Å². The Labute approximate surface area is 168 Å². The first-order chi connectivity index (χ1) is 14.0. The molecule has 0 spiro atoms. The van der Waals surface area contributed by atoms with Crippen molar-refractivity contribution < 1.29 is 19.1 Å². The molecule has 0 atom stereocenters. The summed E-state index contributed by atoms with van der Waals surface area (Å²) in [5.74, 6) is -1.09. The Balaban J connectivity index is 1.67. The highest BCUT2D eigenvalue weighted by Gasteiger charge is 2.11. The Bertz CT molecular complexity index is 1060. The van der Waals surface area contributed by atoms with Crippen LogP contribution in [0, 0.1) is 6.92 Å². The van der Waals surface area contributed by atoms with Gasteiger partial charge in [-0.3, -0.25) is 9.59 Å². The second-order valence-electron chi connectivity index (χ2n) is 6.43. The molecule has 0 saturated carbocycles. The van der Waals surface area contributed by atoms with Gasteiger partial charge in [-0.25, -0.2) is 4.79 Å². The normalized spacial score (nSPS) is 10.1. The third-order valence-electron chi connectivity index (χ3n) is 4.23. The van der Waals surface area contributed by atoms with E-state index in [1.165, 1.54) is 13.2 Å². The highest BCUT2D eigenvalue weighted by molar-refractivity contribution is 6.07. The molecule has 3 aromatic carbocycles. The van der Waals surface area contributed by atoms with Crippen LogP contribution in [-0.4, -0.2) is 24.9 Å². The highest BCUT2D eigenvalue weighted by Crippen LogP contribution is 2.15. The second-order valence-corrected chi connectivity index (χ2v) is 6.43. The average molecular weight is 388 g/mol. The minimum Gasteiger partial charge on any atom is -0.465 e. The van der Waals surface area contributed by atoms with Crippen molar-refractivity contribution in [1.82, 2.24) is 0 Å². The summed E-state index contributed by atoms with van der Waals surface area (Å²) in [5, 5.41) is 5.55. The smallest absolute Gasteiger partial charge is 0.337 e. The van der Waals surface area contributed by atoms with Crippen LogP contribution in [0.25, 0.3) is 0 Å². The average Bonchev–Trinajstić information content (AvgIpc) is 2.73. The lowest BCUT2D eigenvalue weighted by molar-refractivity contribution is 0.0600. The van der Waals surface area contributed by atoms with Gasteiger partial charge in [0.2, 0.25) is 0 Å². The number of anilines is 2. The number of hydrogen-bond acceptors (Lipinski definition) is 4. The number of nitrogens with one attached hydrogen (secondary N) is 2. The maximum Gasteiger partial charge on any atom is 0.337 e. The molecule has 3 aromatic rings. The third-order valence-corrected chi connectivity index (χ3v) is 4.23. The molecule has 0 saturated heterocycles. The molecular weight excluding hydrogens is 368 g/mol. The summed E-state index contributed by atoms with van der Waals surface area (Å²) in [7, 11) is 1.30. The zero-order chi connectivity index (χ0) is 20.8. The van der Waals surface area contributed by atoms with Gasteiger partial charge in [-0.05, 0) is 67.1 Å². The van der Waals surface area contributed by atoms with Crippen molar-refractivity contribution in [2.45, 2.75) is 6.92 Å². The molecule has 0 aromatic heterocycles. The number of carbonyl (C=O) groups is 3. The zero-order valence-electron chi connectivity index (χ0n) is 16.1. The van der Waals surface area contributed by atoms with Crippen LogP contribution in [0.5, 0.6) is 0 Å². The number of benzene rings is 3. The van der Waals surface area contributed by atoms with E-state index in [1.54, 1.807) is 42.5 Å². The van der Waals surface area contributed by atoms with E-state index >= 15 is 0 Å². The number of aryl methyl sites for hydroxylation is 1. The first-order valence-corrected chi connectivity index (χ1v) is 8.94. The fourth-order valence-corrected chi connectivity index (χ4v) is 2.74. The molecule has 29 heavy (non-hydrogen) atoms. The SMILES string of the molecule is COC(=O)c1cccc(NC(=O)c2ccc(C(=O)Nc3cccc(C)c3)cc2)c1. The molecule has 146 valence electrons. The molecular formula is C23H20N2O4. The summed E-state index contributed by atoms with van der Waals surface area (Å²) in [6.45, 7) is 1.95. The standard InChI is InChI=1S/C23H20N2O4/c1-15-5-3-7-19(13-15)24-21(26)16-9-11-17(12-10-16)22(27)25-20-8-4-6-18(14-20)23(28)29-2/h3-14H,1-2H3,(H,24,26)(H,25,27). The molecule has 6 nitrogen and oxygen atoms in total. The summed E-state index contributed by atoms with van der Waals surface area (Å²) in [6.07, 6.45) is 0. The molecule has 3 rings (SSSR count). The van der Waals surface area contributed by atoms with Crippen LogP contribution in [0.2, 0.25) is 0 Å². The fourth-order valence-electron chi connectivity index (χ4n) is 2.74. The van der Waals surface area contributed by atoms with Gasteiger partial charge in [0.15, 0.2) is 0 Å². The summed E-state index contributed by atoms with van der Waals surface area (Å²) in [4.78, 5) is 36.4. The van der Waals surface area contributed by atoms with E-state index in [2.05, 4.69) is 15.4 Å². The monoisotopic (exact) mass is 388 g/mol. The van der Waals surface area contributed by atoms with Crippen molar-refractivity contribution in [3.05, 3.63) is 95.1 Å². The van der Waals surface area contributed by atoms with Crippen LogP contribution in [-0.2, 0) is 4.74 Å². The maximum atomic E-state index is 12.4. The molecule has 0 bridgehead atoms. The molecule has 0 aliphatic rings. The van der Waals surface area contributed by atoms with Gasteiger partial charge in [-0.1, -0.05) is 18.2 Å². The molecule has 6 heteroatoms. The van der Waals surface area contributed by atoms with E-state index in [-0.39, 0.29) is 11.8 Å². The lowest BCUT2D eigenvalue weighted by atomic mass is 10.1. The predicted molar refractivity (Wildman–Crippen MR) is 111 cm³/mol. The number of ether oxygens (including phenoxy) is 1. The molecule has 0 aliphatic carbocycles. The summed E-state index contributed by atoms with van der Waals surface area (Å²) < 4.78 is 4.68. The van der Waals surface area contributed by atoms with Gasteiger partial charge in [0.25, 0.3) is 11.8 Å². The summed E-state index contributed by atoms with van der Waals surface area (Å²) in [5.41, 5.74) is 3.40. The van der Waals surface area contributed by atoms with E-state index in [1.807, 2.05) is 31.2 Å². The van der Waals surface area contributed by atoms with Crippen LogP contribution < -0.4 is 10.6 Å². The number of methoxy groups -OCH3 is 1. The largest absolute Gasteiger partial charge is 0.465 e. The van der Waals surface area contributed by atoms with Gasteiger partial charge in [0.05, 0.1) is 12.7 Å². The topological polar surface area (TPSA) is 84.5 Å². The number of hydrogen-bond donors (Lipinski definition) is 2. The van der Waals surface area contributed by atoms with Crippen molar-refractivity contribution in [1.29, 1.82) is 0 Å². The third kappa shape index (κ3) is 5.07. The first kappa shape index (κ1) is 19.8. The Morgan fingerprint density at radius 1 is 0.690 bits per heavy atom. The van der Waals surface area contributed by atoms with Gasteiger partial charge in [0, 0.05) is 22.5 Å². The van der Waals surface area contributed by atoms with Crippen LogP contribution in [0.3, 0.4) is 0 Å². The molecule has 2 amide bonds. The van der Waals surface area contributed by atoms with Crippen molar-refractivity contribution in [3.63, 3.8) is 0 Å². The van der Waals surface area contributed by atoms with Gasteiger partial charge in [0.1, 0.15) is 0 Å². The van der Waals surface area contributed by atoms with Gasteiger partial charge in [-0.15, -0.1) is 0 Å². The van der Waals surface area contributed by atoms with Crippen LogP contribution >= 0.6 is 0 Å². The minimum absolute atomic E-state index is 0.256. The van der Waals surface area contributed by atoms with Crippen molar-refractivity contribution in [3.8, 4) is 0 Å². The summed E-state index contributed by atoms with van der Waals surface area (Å²) >= 11 is 0. The number of esters is 1. The molecule has 0 fully saturated rings. The maximum absolute atomic E-state index is 12.4. The van der Waals surface area contributed by atoms with Crippen LogP contribution in [0.1, 0.15) is 36.6 Å².